The molecule has 5 nitrogen and oxygen atoms in total. The highest BCUT2D eigenvalue weighted by Gasteiger charge is 2.51. The molecule has 0 fully saturated rings. The molecule has 0 aliphatic carbocycles. The first kappa shape index (κ1) is 19.3. The molecule has 0 amide bonds. The predicted molar refractivity (Wildman–Crippen MR) is 96.1 cm³/mol. The van der Waals surface area contributed by atoms with Crippen molar-refractivity contribution in [3.8, 4) is 0 Å². The number of aryl methyl sites for hydroxylation is 1. The Hall–Kier alpha value is -2.02. The third kappa shape index (κ3) is 3.81. The van der Waals surface area contributed by atoms with Gasteiger partial charge in [-0.3, -0.25) is 9.59 Å². The number of aldehydes is 1. The van der Waals surface area contributed by atoms with Gasteiger partial charge in [0.25, 0.3) is 4.21 Å². The van der Waals surface area contributed by atoms with E-state index in [9.17, 15) is 18.0 Å². The van der Waals surface area contributed by atoms with Gasteiger partial charge in [0.1, 0.15) is 0 Å². The molecule has 7 heteroatoms. The summed E-state index contributed by atoms with van der Waals surface area (Å²) in [4.78, 5) is 23.9. The standard InChI is InChI=1S/C18H18ClNO4S/c1-13-7-9-15(10-8-13)25(23,24)18(19,12-21)17(22)16(20)11-14-5-3-2-4-6-14/h2-10,12,16H,11,20H2,1H3. The largest absolute Gasteiger partial charge is 0.321 e. The van der Waals surface area contributed by atoms with Crippen molar-refractivity contribution in [2.75, 3.05) is 0 Å². The number of nitrogens with two attached hydrogens (primary N) is 1. The van der Waals surface area contributed by atoms with Crippen LogP contribution < -0.4 is 5.73 Å². The number of benzene rings is 2. The monoisotopic (exact) mass is 379 g/mol. The first-order chi connectivity index (χ1) is 11.7. The van der Waals surface area contributed by atoms with E-state index in [1.807, 2.05) is 0 Å². The lowest BCUT2D eigenvalue weighted by molar-refractivity contribution is -0.124. The van der Waals surface area contributed by atoms with Crippen LogP contribution in [0.3, 0.4) is 0 Å². The fourth-order valence-electron chi connectivity index (χ4n) is 2.36. The highest BCUT2D eigenvalue weighted by molar-refractivity contribution is 7.95. The molecule has 0 saturated heterocycles. The van der Waals surface area contributed by atoms with Crippen LogP contribution in [0.5, 0.6) is 0 Å². The minimum atomic E-state index is -4.44. The van der Waals surface area contributed by atoms with Crippen molar-refractivity contribution in [1.29, 1.82) is 0 Å². The Bertz CT molecular complexity index is 866. The third-order valence-corrected chi connectivity index (χ3v) is 6.70. The fraction of sp³-hybridized carbons (Fsp3) is 0.222. The van der Waals surface area contributed by atoms with E-state index in [0.29, 0.717) is 0 Å². The van der Waals surface area contributed by atoms with E-state index in [2.05, 4.69) is 0 Å². The number of rotatable bonds is 7. The SMILES string of the molecule is Cc1ccc(S(=O)(=O)C(Cl)(C=O)C(=O)C(N)Cc2ccccc2)cc1. The van der Waals surface area contributed by atoms with Crippen molar-refractivity contribution in [2.24, 2.45) is 5.73 Å². The Morgan fingerprint density at radius 1 is 1.16 bits per heavy atom. The molecule has 25 heavy (non-hydrogen) atoms. The molecule has 2 unspecified atom stereocenters. The van der Waals surface area contributed by atoms with Crippen molar-refractivity contribution in [3.63, 3.8) is 0 Å². The molecule has 0 aromatic heterocycles. The topological polar surface area (TPSA) is 94.3 Å². The van der Waals surface area contributed by atoms with Crippen molar-refractivity contribution in [3.05, 3.63) is 65.7 Å². The van der Waals surface area contributed by atoms with Gasteiger partial charge in [0.15, 0.2) is 12.1 Å². The molecule has 2 aromatic carbocycles. The molecule has 0 radical (unpaired) electrons. The smallest absolute Gasteiger partial charge is 0.263 e. The molecular formula is C18H18ClNO4S. The average Bonchev–Trinajstić information content (AvgIpc) is 2.61. The molecule has 0 saturated carbocycles. The second-order valence-corrected chi connectivity index (χ2v) is 8.68. The van der Waals surface area contributed by atoms with Gasteiger partial charge in [-0.05, 0) is 31.0 Å². The molecule has 132 valence electrons. The summed E-state index contributed by atoms with van der Waals surface area (Å²) in [6.07, 6.45) is 0.0162. The highest BCUT2D eigenvalue weighted by atomic mass is 35.5. The molecule has 0 bridgehead atoms. The first-order valence-electron chi connectivity index (χ1n) is 7.52. The van der Waals surface area contributed by atoms with Crippen LogP contribution in [0, 0.1) is 6.92 Å². The molecule has 0 aliphatic heterocycles. The number of carbonyl (C=O) groups excluding carboxylic acids is 2. The van der Waals surface area contributed by atoms with E-state index in [0.717, 1.165) is 11.1 Å². The van der Waals surface area contributed by atoms with Gasteiger partial charge in [-0.25, -0.2) is 8.42 Å². The van der Waals surface area contributed by atoms with Gasteiger partial charge >= 0.3 is 0 Å². The van der Waals surface area contributed by atoms with Crippen molar-refractivity contribution >= 4 is 33.5 Å². The Labute approximate surface area is 151 Å². The summed E-state index contributed by atoms with van der Waals surface area (Å²) in [6, 6.07) is 13.3. The summed E-state index contributed by atoms with van der Waals surface area (Å²) in [6.45, 7) is 1.78. The minimum absolute atomic E-state index is 0.0586. The van der Waals surface area contributed by atoms with E-state index in [-0.39, 0.29) is 17.6 Å². The van der Waals surface area contributed by atoms with Gasteiger partial charge in [-0.2, -0.15) is 0 Å². The van der Waals surface area contributed by atoms with E-state index in [4.69, 9.17) is 17.3 Å². The van der Waals surface area contributed by atoms with Gasteiger partial charge in [0.05, 0.1) is 10.9 Å². The van der Waals surface area contributed by atoms with E-state index in [1.54, 1.807) is 49.4 Å². The molecule has 2 atom stereocenters. The van der Waals surface area contributed by atoms with Crippen LogP contribution in [0.4, 0.5) is 0 Å². The number of hydrogen-bond donors (Lipinski definition) is 1. The maximum atomic E-state index is 12.8. The second kappa shape index (κ2) is 7.47. The summed E-state index contributed by atoms with van der Waals surface area (Å²) in [5, 5.41) is 0. The summed E-state index contributed by atoms with van der Waals surface area (Å²) in [7, 11) is -4.44. The van der Waals surface area contributed by atoms with Gasteiger partial charge in [0, 0.05) is 0 Å². The second-order valence-electron chi connectivity index (χ2n) is 5.74. The van der Waals surface area contributed by atoms with Gasteiger partial charge < -0.3 is 5.73 Å². The third-order valence-electron chi connectivity index (χ3n) is 3.85. The van der Waals surface area contributed by atoms with E-state index >= 15 is 0 Å². The maximum Gasteiger partial charge on any atom is 0.263 e. The maximum absolute atomic E-state index is 12.8. The Balaban J connectivity index is 2.36. The van der Waals surface area contributed by atoms with Crippen molar-refractivity contribution in [1.82, 2.24) is 0 Å². The van der Waals surface area contributed by atoms with Crippen LogP contribution in [-0.4, -0.2) is 30.7 Å². The number of Topliss-reactive ketones (excluding diaryl/α,β-unsaturated/α-hetero) is 1. The Morgan fingerprint density at radius 3 is 2.24 bits per heavy atom. The number of alkyl halides is 1. The number of carbonyl (C=O) groups is 2. The van der Waals surface area contributed by atoms with Gasteiger partial charge in [-0.1, -0.05) is 59.6 Å². The number of halogens is 1. The summed E-state index contributed by atoms with van der Waals surface area (Å²) in [5.74, 6) is -1.05. The molecular weight excluding hydrogens is 362 g/mol. The average molecular weight is 380 g/mol. The highest BCUT2D eigenvalue weighted by Crippen LogP contribution is 2.30. The van der Waals surface area contributed by atoms with Crippen LogP contribution in [0.25, 0.3) is 0 Å². The summed E-state index contributed by atoms with van der Waals surface area (Å²) >= 11 is 6.02. The number of sulfone groups is 1. The van der Waals surface area contributed by atoms with Crippen LogP contribution >= 0.6 is 11.6 Å². The molecule has 2 N–H and O–H groups in total. The zero-order chi connectivity index (χ0) is 18.7. The lowest BCUT2D eigenvalue weighted by atomic mass is 10.0. The Morgan fingerprint density at radius 2 is 1.72 bits per heavy atom. The van der Waals surface area contributed by atoms with Crippen LogP contribution in [0.1, 0.15) is 11.1 Å². The molecule has 0 aliphatic rings. The van der Waals surface area contributed by atoms with Crippen LogP contribution in [0.2, 0.25) is 0 Å². The number of hydrogen-bond acceptors (Lipinski definition) is 5. The molecule has 0 heterocycles. The van der Waals surface area contributed by atoms with Crippen LogP contribution in [-0.2, 0) is 25.8 Å². The molecule has 2 rings (SSSR count). The van der Waals surface area contributed by atoms with E-state index in [1.165, 1.54) is 12.1 Å². The fourth-order valence-corrected chi connectivity index (χ4v) is 4.14. The van der Waals surface area contributed by atoms with E-state index < -0.39 is 25.9 Å². The van der Waals surface area contributed by atoms with Crippen molar-refractivity contribution in [2.45, 2.75) is 28.5 Å². The zero-order valence-corrected chi connectivity index (χ0v) is 15.1. The molecule has 0 spiro atoms. The quantitative estimate of drug-likeness (QED) is 0.451. The van der Waals surface area contributed by atoms with Crippen molar-refractivity contribution < 1.29 is 18.0 Å². The summed E-state index contributed by atoms with van der Waals surface area (Å²) < 4.78 is 22.8. The predicted octanol–water partition coefficient (Wildman–Crippen LogP) is 2.04. The lowest BCUT2D eigenvalue weighted by Gasteiger charge is -2.23. The summed E-state index contributed by atoms with van der Waals surface area (Å²) in [5.41, 5.74) is 7.42. The number of ketones is 1. The Kier molecular flexibility index (Phi) is 5.77. The first-order valence-corrected chi connectivity index (χ1v) is 9.39. The van der Waals surface area contributed by atoms with Gasteiger partial charge in [-0.15, -0.1) is 0 Å². The molecule has 2 aromatic rings. The normalized spacial score (nSPS) is 15.2. The lowest BCUT2D eigenvalue weighted by Crippen LogP contribution is -2.51. The van der Waals surface area contributed by atoms with Gasteiger partial charge in [0.2, 0.25) is 9.84 Å². The van der Waals surface area contributed by atoms with Crippen LogP contribution in [0.15, 0.2) is 59.5 Å². The minimum Gasteiger partial charge on any atom is -0.321 e. The zero-order valence-electron chi connectivity index (χ0n) is 13.6.